The number of ether oxygens (including phenoxy) is 2. The van der Waals surface area contributed by atoms with Crippen LogP contribution < -0.4 is 0 Å². The summed E-state index contributed by atoms with van der Waals surface area (Å²) in [7, 11) is 0. The molecule has 1 fully saturated rings. The summed E-state index contributed by atoms with van der Waals surface area (Å²) in [6, 6.07) is 0. The average Bonchev–Trinajstić information content (AvgIpc) is 3.30. The lowest BCUT2D eigenvalue weighted by atomic mass is 10.3. The smallest absolute Gasteiger partial charge is 0.182 e. The molecule has 1 aliphatic heterocycles. The van der Waals surface area contributed by atoms with Crippen LogP contribution in [0.15, 0.2) is 6.58 Å². The summed E-state index contributed by atoms with van der Waals surface area (Å²) in [6.07, 6.45) is 2.56. The molecule has 11 heteroatoms. The molecule has 0 aromatic carbocycles. The van der Waals surface area contributed by atoms with E-state index in [1.54, 1.807) is 0 Å². The molecule has 3 heterocycles. The molecule has 1 aliphatic rings. The lowest BCUT2D eigenvalue weighted by Gasteiger charge is -2.01. The average molecular weight is 425 g/mol. The van der Waals surface area contributed by atoms with Gasteiger partial charge >= 0.3 is 0 Å². The third-order valence-electron chi connectivity index (χ3n) is 2.64. The third-order valence-corrected chi connectivity index (χ3v) is 4.42. The van der Waals surface area contributed by atoms with E-state index in [-0.39, 0.29) is 16.6 Å². The second-order valence-corrected chi connectivity index (χ2v) is 6.31. The summed E-state index contributed by atoms with van der Waals surface area (Å²) in [6.45, 7) is 9.49. The molecule has 0 aliphatic carbocycles. The van der Waals surface area contributed by atoms with Gasteiger partial charge in [-0.2, -0.15) is 17.5 Å². The standard InChI is InChI=1S/C6H7ClN2OS.C4H3ClN2OS.C4H8O/c1-3-10-4(2)5-6(7)9-11-8-5;1-2(8)3-4(5)7-9-6-3;1-2-4-5-3-1/h2-3H2,1H3;1H3;1-4H2. The minimum atomic E-state index is -0.145. The van der Waals surface area contributed by atoms with Crippen LogP contribution in [0.2, 0.25) is 10.3 Å². The van der Waals surface area contributed by atoms with E-state index in [2.05, 4.69) is 24.1 Å². The summed E-state index contributed by atoms with van der Waals surface area (Å²) in [5, 5.41) is 0.556. The fraction of sp³-hybridized carbons (Fsp3) is 0.500. The van der Waals surface area contributed by atoms with E-state index in [0.29, 0.717) is 23.2 Å². The van der Waals surface area contributed by atoms with Crippen LogP contribution in [-0.4, -0.2) is 43.1 Å². The van der Waals surface area contributed by atoms with E-state index in [1.165, 1.54) is 19.8 Å². The maximum absolute atomic E-state index is 10.5. The van der Waals surface area contributed by atoms with Crippen LogP contribution in [0.5, 0.6) is 0 Å². The van der Waals surface area contributed by atoms with Crippen LogP contribution in [0.1, 0.15) is 42.9 Å². The van der Waals surface area contributed by atoms with Crippen LogP contribution in [0.4, 0.5) is 0 Å². The minimum absolute atomic E-state index is 0.145. The Morgan fingerprint density at radius 1 is 1.12 bits per heavy atom. The quantitative estimate of drug-likeness (QED) is 0.530. The van der Waals surface area contributed by atoms with E-state index >= 15 is 0 Å². The molecule has 0 N–H and O–H groups in total. The van der Waals surface area contributed by atoms with Gasteiger partial charge in [0, 0.05) is 20.1 Å². The number of carbonyl (C=O) groups is 1. The van der Waals surface area contributed by atoms with E-state index in [1.807, 2.05) is 6.92 Å². The normalized spacial score (nSPS) is 12.5. The van der Waals surface area contributed by atoms with Crippen LogP contribution in [0.25, 0.3) is 5.76 Å². The van der Waals surface area contributed by atoms with Gasteiger partial charge in [-0.1, -0.05) is 29.8 Å². The van der Waals surface area contributed by atoms with Crippen molar-refractivity contribution in [2.24, 2.45) is 0 Å². The van der Waals surface area contributed by atoms with Crippen molar-refractivity contribution >= 4 is 58.2 Å². The van der Waals surface area contributed by atoms with E-state index < -0.39 is 0 Å². The Morgan fingerprint density at radius 3 is 1.92 bits per heavy atom. The summed E-state index contributed by atoms with van der Waals surface area (Å²) >= 11 is 13.1. The number of Topliss-reactive ketones (excluding diaryl/α,β-unsaturated/α-hetero) is 1. The first-order valence-electron chi connectivity index (χ1n) is 7.34. The molecule has 0 spiro atoms. The molecular weight excluding hydrogens is 407 g/mol. The van der Waals surface area contributed by atoms with Gasteiger partial charge in [-0.15, -0.1) is 0 Å². The number of nitrogens with zero attached hydrogens (tertiary/aromatic N) is 4. The van der Waals surface area contributed by atoms with E-state index in [9.17, 15) is 4.79 Å². The summed E-state index contributed by atoms with van der Waals surface area (Å²) in [4.78, 5) is 10.5. The van der Waals surface area contributed by atoms with Crippen molar-refractivity contribution in [3.8, 4) is 0 Å². The predicted molar refractivity (Wildman–Crippen MR) is 101 cm³/mol. The Labute approximate surface area is 164 Å². The van der Waals surface area contributed by atoms with Crippen molar-refractivity contribution in [1.29, 1.82) is 0 Å². The van der Waals surface area contributed by atoms with Gasteiger partial charge in [-0.05, 0) is 19.8 Å². The third kappa shape index (κ3) is 8.19. The number of halogens is 2. The molecule has 0 radical (unpaired) electrons. The maximum atomic E-state index is 10.5. The Bertz CT molecular complexity index is 667. The van der Waals surface area contributed by atoms with Crippen molar-refractivity contribution in [3.63, 3.8) is 0 Å². The van der Waals surface area contributed by atoms with Gasteiger partial charge in [0.2, 0.25) is 0 Å². The zero-order valence-corrected chi connectivity index (χ0v) is 17.0. The molecule has 7 nitrogen and oxygen atoms in total. The Morgan fingerprint density at radius 2 is 1.64 bits per heavy atom. The zero-order valence-electron chi connectivity index (χ0n) is 13.8. The lowest BCUT2D eigenvalue weighted by molar-refractivity contribution is 0.101. The molecular formula is C14H18Cl2N4O3S2. The first kappa shape index (κ1) is 21.9. The molecule has 2 aromatic rings. The topological polar surface area (TPSA) is 87.1 Å². The molecule has 25 heavy (non-hydrogen) atoms. The van der Waals surface area contributed by atoms with Gasteiger partial charge in [0.1, 0.15) is 5.76 Å². The Kier molecular flexibility index (Phi) is 10.7. The Hall–Kier alpha value is -1.13. The monoisotopic (exact) mass is 424 g/mol. The molecule has 1 saturated heterocycles. The molecule has 0 saturated carbocycles. The fourth-order valence-corrected chi connectivity index (χ4v) is 3.06. The molecule has 2 aromatic heterocycles. The number of hydrogen-bond acceptors (Lipinski definition) is 9. The number of hydrogen-bond donors (Lipinski definition) is 0. The van der Waals surface area contributed by atoms with Gasteiger partial charge < -0.3 is 9.47 Å². The molecule has 0 amide bonds. The van der Waals surface area contributed by atoms with E-state index in [4.69, 9.17) is 32.7 Å². The highest BCUT2D eigenvalue weighted by atomic mass is 35.5. The lowest BCUT2D eigenvalue weighted by Crippen LogP contribution is -1.91. The predicted octanol–water partition coefficient (Wildman–Crippen LogP) is 4.39. The SMILES string of the molecule is C1CCOC1.C=C(OCC)c1nsnc1Cl.CC(=O)c1nsnc1Cl. The molecule has 138 valence electrons. The zero-order chi connectivity index (χ0) is 18.7. The second kappa shape index (κ2) is 12.3. The van der Waals surface area contributed by atoms with E-state index in [0.717, 1.165) is 36.7 Å². The summed E-state index contributed by atoms with van der Waals surface area (Å²) < 4.78 is 25.0. The van der Waals surface area contributed by atoms with Crippen LogP contribution in [-0.2, 0) is 9.47 Å². The highest BCUT2D eigenvalue weighted by Crippen LogP contribution is 2.20. The van der Waals surface area contributed by atoms with Crippen molar-refractivity contribution in [3.05, 3.63) is 28.3 Å². The van der Waals surface area contributed by atoms with Crippen molar-refractivity contribution in [2.75, 3.05) is 19.8 Å². The maximum Gasteiger partial charge on any atom is 0.182 e. The van der Waals surface area contributed by atoms with Crippen LogP contribution >= 0.6 is 46.7 Å². The van der Waals surface area contributed by atoms with Crippen molar-refractivity contribution in [1.82, 2.24) is 17.5 Å². The number of carbonyl (C=O) groups excluding carboxylic acids is 1. The minimum Gasteiger partial charge on any atom is -0.492 e. The Balaban J connectivity index is 0.000000200. The van der Waals surface area contributed by atoms with Crippen molar-refractivity contribution < 1.29 is 14.3 Å². The molecule has 0 unspecified atom stereocenters. The molecule has 0 atom stereocenters. The van der Waals surface area contributed by atoms with Gasteiger partial charge in [0.15, 0.2) is 27.5 Å². The molecule has 0 bridgehead atoms. The highest BCUT2D eigenvalue weighted by Gasteiger charge is 2.09. The fourth-order valence-electron chi connectivity index (χ4n) is 1.48. The number of ketones is 1. The van der Waals surface area contributed by atoms with Gasteiger partial charge in [-0.3, -0.25) is 4.79 Å². The largest absolute Gasteiger partial charge is 0.492 e. The highest BCUT2D eigenvalue weighted by molar-refractivity contribution is 6.99. The number of aromatic nitrogens is 4. The van der Waals surface area contributed by atoms with Gasteiger partial charge in [-0.25, -0.2) is 0 Å². The first-order valence-corrected chi connectivity index (χ1v) is 9.55. The number of rotatable bonds is 4. The summed E-state index contributed by atoms with van der Waals surface area (Å²) in [5.41, 5.74) is 0.806. The van der Waals surface area contributed by atoms with Crippen molar-refractivity contribution in [2.45, 2.75) is 26.7 Å². The van der Waals surface area contributed by atoms with Crippen LogP contribution in [0, 0.1) is 0 Å². The second-order valence-electron chi connectivity index (χ2n) is 4.54. The summed E-state index contributed by atoms with van der Waals surface area (Å²) in [5.74, 6) is 0.333. The van der Waals surface area contributed by atoms with Crippen LogP contribution in [0.3, 0.4) is 0 Å². The van der Waals surface area contributed by atoms with Gasteiger partial charge in [0.05, 0.1) is 30.1 Å². The molecule has 3 rings (SSSR count). The van der Waals surface area contributed by atoms with Gasteiger partial charge in [0.25, 0.3) is 0 Å². The first-order chi connectivity index (χ1) is 12.0.